The maximum absolute atomic E-state index is 12.9. The Morgan fingerprint density at radius 3 is 2.55 bits per heavy atom. The molecule has 2 aromatic carbocycles. The Bertz CT molecular complexity index is 1080. The number of carbonyl (C=O) groups is 2. The number of imidazole rings is 1. The maximum Gasteiger partial charge on any atom is 0.306 e. The normalized spacial score (nSPS) is 19.2. The molecular formula is C23H24N2O4. The molecule has 29 heavy (non-hydrogen) atoms. The highest BCUT2D eigenvalue weighted by Crippen LogP contribution is 2.29. The first-order valence-corrected chi connectivity index (χ1v) is 9.89. The first kappa shape index (κ1) is 19.2. The van der Waals surface area contributed by atoms with E-state index in [1.165, 1.54) is 0 Å². The van der Waals surface area contributed by atoms with Crippen molar-refractivity contribution in [2.24, 2.45) is 13.0 Å². The summed E-state index contributed by atoms with van der Waals surface area (Å²) in [5.74, 6) is 0.00276. The second kappa shape index (κ2) is 7.70. The predicted molar refractivity (Wildman–Crippen MR) is 109 cm³/mol. The van der Waals surface area contributed by atoms with Gasteiger partial charge < -0.3 is 14.4 Å². The molecule has 6 nitrogen and oxygen atoms in total. The molecule has 1 heterocycles. The lowest BCUT2D eigenvalue weighted by Gasteiger charge is -2.26. The molecule has 1 aromatic heterocycles. The molecule has 0 bridgehead atoms. The number of carbonyl (C=O) groups excluding carboxylic acids is 1. The van der Waals surface area contributed by atoms with Crippen LogP contribution in [0.1, 0.15) is 47.4 Å². The van der Waals surface area contributed by atoms with Crippen molar-refractivity contribution in [1.29, 1.82) is 0 Å². The fourth-order valence-corrected chi connectivity index (χ4v) is 3.99. The van der Waals surface area contributed by atoms with Gasteiger partial charge in [-0.3, -0.25) is 9.59 Å². The van der Waals surface area contributed by atoms with E-state index in [1.54, 1.807) is 6.07 Å². The largest absolute Gasteiger partial charge is 0.490 e. The number of rotatable bonds is 5. The molecule has 6 heteroatoms. The van der Waals surface area contributed by atoms with Crippen LogP contribution in [-0.4, -0.2) is 32.5 Å². The third kappa shape index (κ3) is 3.88. The smallest absolute Gasteiger partial charge is 0.306 e. The minimum absolute atomic E-state index is 0.0140. The van der Waals surface area contributed by atoms with Crippen molar-refractivity contribution in [3.8, 4) is 5.75 Å². The maximum atomic E-state index is 12.9. The minimum Gasteiger partial charge on any atom is -0.490 e. The monoisotopic (exact) mass is 392 g/mol. The van der Waals surface area contributed by atoms with Crippen molar-refractivity contribution >= 4 is 22.8 Å². The van der Waals surface area contributed by atoms with Crippen molar-refractivity contribution < 1.29 is 19.4 Å². The number of aliphatic carboxylic acids is 1. The molecule has 1 aliphatic rings. The summed E-state index contributed by atoms with van der Waals surface area (Å²) in [6, 6.07) is 13.1. The summed E-state index contributed by atoms with van der Waals surface area (Å²) < 4.78 is 7.88. The summed E-state index contributed by atoms with van der Waals surface area (Å²) >= 11 is 0. The third-order valence-electron chi connectivity index (χ3n) is 5.66. The van der Waals surface area contributed by atoms with E-state index in [4.69, 9.17) is 9.84 Å². The summed E-state index contributed by atoms with van der Waals surface area (Å²) in [6.45, 7) is 1.96. The Labute approximate surface area is 169 Å². The van der Waals surface area contributed by atoms with E-state index < -0.39 is 5.97 Å². The number of aromatic nitrogens is 2. The summed E-state index contributed by atoms with van der Waals surface area (Å²) in [5, 5.41) is 9.12. The van der Waals surface area contributed by atoms with Crippen LogP contribution >= 0.6 is 0 Å². The van der Waals surface area contributed by atoms with Crippen LogP contribution in [0.25, 0.3) is 11.0 Å². The zero-order valence-electron chi connectivity index (χ0n) is 16.6. The van der Waals surface area contributed by atoms with Gasteiger partial charge in [0.1, 0.15) is 5.75 Å². The van der Waals surface area contributed by atoms with E-state index >= 15 is 0 Å². The highest BCUT2D eigenvalue weighted by atomic mass is 16.5. The molecule has 4 rings (SSSR count). The van der Waals surface area contributed by atoms with E-state index in [-0.39, 0.29) is 17.8 Å². The number of benzene rings is 2. The number of ketones is 1. The van der Waals surface area contributed by atoms with Crippen LogP contribution in [0.3, 0.4) is 0 Å². The quantitative estimate of drug-likeness (QED) is 0.660. The van der Waals surface area contributed by atoms with Crippen molar-refractivity contribution in [3.63, 3.8) is 0 Å². The molecule has 3 aromatic rings. The summed E-state index contributed by atoms with van der Waals surface area (Å²) in [7, 11) is 1.84. The molecule has 0 spiro atoms. The van der Waals surface area contributed by atoms with Gasteiger partial charge >= 0.3 is 5.97 Å². The third-order valence-corrected chi connectivity index (χ3v) is 5.66. The lowest BCUT2D eigenvalue weighted by Crippen LogP contribution is -2.27. The molecule has 0 amide bonds. The highest BCUT2D eigenvalue weighted by molar-refractivity contribution is 6.08. The average Bonchev–Trinajstić information content (AvgIpc) is 3.04. The molecule has 1 aliphatic carbocycles. The van der Waals surface area contributed by atoms with Gasteiger partial charge in [0.15, 0.2) is 5.82 Å². The number of ether oxygens (including phenoxy) is 1. The summed E-state index contributed by atoms with van der Waals surface area (Å²) in [6.07, 6.45) is 2.75. The molecule has 1 fully saturated rings. The number of carboxylic acids is 1. The molecular weight excluding hydrogens is 368 g/mol. The highest BCUT2D eigenvalue weighted by Gasteiger charge is 2.27. The van der Waals surface area contributed by atoms with Crippen LogP contribution in [0.5, 0.6) is 5.75 Å². The average molecular weight is 392 g/mol. The van der Waals surface area contributed by atoms with E-state index in [0.29, 0.717) is 35.5 Å². The number of nitrogens with zero attached hydrogens (tertiary/aromatic N) is 2. The number of hydrogen-bond acceptors (Lipinski definition) is 4. The van der Waals surface area contributed by atoms with Gasteiger partial charge in [-0.2, -0.15) is 0 Å². The van der Waals surface area contributed by atoms with E-state index in [9.17, 15) is 9.59 Å². The van der Waals surface area contributed by atoms with E-state index in [0.717, 1.165) is 23.9 Å². The Hall–Kier alpha value is -3.15. The van der Waals surface area contributed by atoms with Crippen LogP contribution < -0.4 is 4.74 Å². The van der Waals surface area contributed by atoms with Gasteiger partial charge in [-0.15, -0.1) is 0 Å². The van der Waals surface area contributed by atoms with Crippen molar-refractivity contribution in [3.05, 3.63) is 59.4 Å². The van der Waals surface area contributed by atoms with Gasteiger partial charge in [-0.05, 0) is 50.8 Å². The first-order valence-electron chi connectivity index (χ1n) is 9.89. The zero-order chi connectivity index (χ0) is 20.5. The molecule has 0 atom stereocenters. The standard InChI is InChI=1S/C23H24N2O4/c1-14-4-3-5-16(12-14)21(26)22-24-19-13-18(10-11-20(19)25(22)2)29-17-8-6-15(7-9-17)23(27)28/h3-5,10-13,15,17H,6-9H2,1-2H3,(H,27,28). The second-order valence-corrected chi connectivity index (χ2v) is 7.77. The van der Waals surface area contributed by atoms with Crippen LogP contribution in [-0.2, 0) is 11.8 Å². The van der Waals surface area contributed by atoms with Crippen LogP contribution in [0.2, 0.25) is 0 Å². The minimum atomic E-state index is -0.718. The fourth-order valence-electron chi connectivity index (χ4n) is 3.99. The van der Waals surface area contributed by atoms with Crippen molar-refractivity contribution in [2.75, 3.05) is 0 Å². The van der Waals surface area contributed by atoms with E-state index in [2.05, 4.69) is 4.98 Å². The topological polar surface area (TPSA) is 81.4 Å². The van der Waals surface area contributed by atoms with Gasteiger partial charge in [0.2, 0.25) is 5.78 Å². The predicted octanol–water partition coefficient (Wildman–Crippen LogP) is 4.13. The van der Waals surface area contributed by atoms with Gasteiger partial charge in [0, 0.05) is 18.7 Å². The summed E-state index contributed by atoms with van der Waals surface area (Å²) in [5.41, 5.74) is 3.22. The van der Waals surface area contributed by atoms with Gasteiger partial charge in [-0.1, -0.05) is 23.8 Å². The number of hydrogen-bond donors (Lipinski definition) is 1. The second-order valence-electron chi connectivity index (χ2n) is 7.77. The molecule has 0 aliphatic heterocycles. The fraction of sp³-hybridized carbons (Fsp3) is 0.348. The van der Waals surface area contributed by atoms with Gasteiger partial charge in [-0.25, -0.2) is 4.98 Å². The molecule has 0 radical (unpaired) electrons. The van der Waals surface area contributed by atoms with Gasteiger partial charge in [0.05, 0.1) is 23.1 Å². The molecule has 1 saturated carbocycles. The van der Waals surface area contributed by atoms with E-state index in [1.807, 2.05) is 54.9 Å². The molecule has 1 N–H and O–H groups in total. The van der Waals surface area contributed by atoms with Crippen LogP contribution in [0.15, 0.2) is 42.5 Å². The van der Waals surface area contributed by atoms with Crippen molar-refractivity contribution in [1.82, 2.24) is 9.55 Å². The Kier molecular flexibility index (Phi) is 5.09. The Balaban J connectivity index is 1.54. The molecule has 0 saturated heterocycles. The number of fused-ring (bicyclic) bond motifs is 1. The first-order chi connectivity index (χ1) is 13.9. The van der Waals surface area contributed by atoms with Crippen molar-refractivity contribution in [2.45, 2.75) is 38.7 Å². The zero-order valence-corrected chi connectivity index (χ0v) is 16.6. The Morgan fingerprint density at radius 1 is 1.10 bits per heavy atom. The molecule has 150 valence electrons. The Morgan fingerprint density at radius 2 is 1.86 bits per heavy atom. The van der Waals surface area contributed by atoms with Crippen LogP contribution in [0, 0.1) is 12.8 Å². The lowest BCUT2D eigenvalue weighted by molar-refractivity contribution is -0.143. The SMILES string of the molecule is Cc1cccc(C(=O)c2nc3cc(OC4CCC(C(=O)O)CC4)ccc3n2C)c1. The molecule has 0 unspecified atom stereocenters. The number of carboxylic acid groups (broad SMARTS) is 1. The lowest BCUT2D eigenvalue weighted by atomic mass is 9.87. The summed E-state index contributed by atoms with van der Waals surface area (Å²) in [4.78, 5) is 28.6. The van der Waals surface area contributed by atoms with Gasteiger partial charge in [0.25, 0.3) is 0 Å². The van der Waals surface area contributed by atoms with Crippen LogP contribution in [0.4, 0.5) is 0 Å². The number of aryl methyl sites for hydroxylation is 2.